The molecule has 0 aliphatic carbocycles. The van der Waals surface area contributed by atoms with E-state index < -0.39 is 18.1 Å². The van der Waals surface area contributed by atoms with E-state index in [4.69, 9.17) is 53.8 Å². The van der Waals surface area contributed by atoms with Crippen molar-refractivity contribution in [3.05, 3.63) is 119 Å². The topological polar surface area (TPSA) is 164 Å². The molecule has 4 atom stereocenters. The maximum absolute atomic E-state index is 13.3. The molecule has 384 valence electrons. The number of ether oxygens (including phenoxy) is 4. The van der Waals surface area contributed by atoms with Crippen LogP contribution in [0.5, 0.6) is 23.0 Å². The first-order valence-electron chi connectivity index (χ1n) is 21.9. The van der Waals surface area contributed by atoms with Crippen LogP contribution in [-0.2, 0) is 36.8 Å². The van der Waals surface area contributed by atoms with Crippen LogP contribution in [0.1, 0.15) is 74.8 Å². The van der Waals surface area contributed by atoms with Crippen LogP contribution in [0.3, 0.4) is 0 Å². The zero-order chi connectivity index (χ0) is 48.9. The first kappa shape index (κ1) is 56.1. The summed E-state index contributed by atoms with van der Waals surface area (Å²) >= 11 is 21.1. The number of alkyl halides is 2. The molecule has 7 heterocycles. The SMILES string of the molecule is CC(=O)[C@H]1Cc2c([nH]c3ccccc23)[C@@H](c2ccc3c(c2)OCO3)N1C(=O)CCCl.CN1CCC(=O)N2[C@H](c3ccc4c(c3)OCO4)c3[nH]c4ccccc4c3C[C@H]2C1=O.F.F.I[I-]I.O=C(Cl)CCCl.[3HH].[3HH]. The zero-order valence-corrected chi connectivity index (χ0v) is 46.8. The monoisotopic (exact) mass is 1380 g/mol. The Morgan fingerprint density at radius 1 is 0.732 bits per heavy atom. The van der Waals surface area contributed by atoms with Gasteiger partial charge in [-0.15, -0.1) is 23.2 Å². The molecular formula is C49H52Cl3F2I3N5O9-. The molecule has 0 unspecified atom stereocenters. The van der Waals surface area contributed by atoms with Crippen molar-refractivity contribution < 1.29 is 68.4 Å². The molecule has 2 aromatic heterocycles. The number of carbonyl (C=O) groups is 5. The molecule has 0 radical (unpaired) electrons. The fraction of sp³-hybridized carbons (Fsp3) is 0.327. The van der Waals surface area contributed by atoms with Gasteiger partial charge in [-0.2, -0.15) is 0 Å². The van der Waals surface area contributed by atoms with E-state index in [1.807, 2.05) is 72.8 Å². The van der Waals surface area contributed by atoms with Crippen LogP contribution >= 0.6 is 72.0 Å². The largest absolute Gasteiger partial charge is 0.281 e. The normalized spacial score (nSPS) is 19.0. The number of H-pyrrole nitrogens is 2. The summed E-state index contributed by atoms with van der Waals surface area (Å²) in [6.07, 6.45) is 1.74. The number of aromatic amines is 2. The van der Waals surface area contributed by atoms with Crippen molar-refractivity contribution in [2.45, 2.75) is 63.2 Å². The van der Waals surface area contributed by atoms with E-state index in [1.54, 1.807) is 28.7 Å². The standard InChI is InChI=1S/C23H21ClN2O4.C23H21N3O4.C3H4Cl2O.2FH.I3.2H2/c1-13(27)18-11-16-15-4-2-3-5-17(15)25-22(16)23(26(18)21(28)8-9-24)14-6-7-19-20(10-14)30-12-29-19;1-25-9-8-20(27)26-17(23(25)28)11-15-14-4-2-3-5-16(14)24-21(15)22(26)13-6-7-18-19(10-13)30-12-29-18;4-2-1-3(5)6;;;1-3-2;;/h2-7,10,18,23,25H,8-9,11-12H2,1H3;2-7,10,17,22,24H,8-9,11-12H2,1H3;1-2H2;2*1H;;2*1H/q;;;;;-1;;/t18-,23-;17-,22+;;;;;;/m10....../s1/i;;;;;;2*1+2. The van der Waals surface area contributed by atoms with Gasteiger partial charge in [0.15, 0.2) is 28.8 Å². The van der Waals surface area contributed by atoms with E-state index in [1.165, 1.54) is 0 Å². The summed E-state index contributed by atoms with van der Waals surface area (Å²) in [5, 5.41) is 1.81. The molecule has 22 heteroatoms. The van der Waals surface area contributed by atoms with Gasteiger partial charge in [-0.05, 0) is 77.2 Å². The number of likely N-dealkylation sites (N-methyl/N-ethyl adjacent to an activating group) is 1. The fourth-order valence-electron chi connectivity index (χ4n) is 9.61. The van der Waals surface area contributed by atoms with Crippen LogP contribution in [0.4, 0.5) is 9.41 Å². The Labute approximate surface area is 455 Å². The summed E-state index contributed by atoms with van der Waals surface area (Å²) in [4.78, 5) is 74.3. The molecule has 2 N–H and O–H groups in total. The molecule has 0 bridgehead atoms. The van der Waals surface area contributed by atoms with Crippen molar-refractivity contribution >= 4 is 123 Å². The average molecular weight is 1380 g/mol. The van der Waals surface area contributed by atoms with E-state index in [9.17, 15) is 24.0 Å². The van der Waals surface area contributed by atoms with Gasteiger partial charge in [-0.3, -0.25) is 33.4 Å². The molecule has 0 spiro atoms. The summed E-state index contributed by atoms with van der Waals surface area (Å²) in [6, 6.07) is 25.6. The maximum atomic E-state index is 13.3. The summed E-state index contributed by atoms with van der Waals surface area (Å²) in [5.74, 6) is 2.99. The Hall–Kier alpha value is -4.17. The number of nitrogens with one attached hydrogen (secondary N) is 2. The minimum atomic E-state index is -0.553. The Kier molecular flexibility index (Phi) is 19.9. The fourth-order valence-corrected chi connectivity index (χ4v) is 10.1. The number of ketones is 1. The van der Waals surface area contributed by atoms with Crippen molar-refractivity contribution in [3.8, 4) is 23.0 Å². The second kappa shape index (κ2) is 25.2. The Morgan fingerprint density at radius 3 is 1.73 bits per heavy atom. The van der Waals surface area contributed by atoms with Gasteiger partial charge in [0.25, 0.3) is 0 Å². The number of benzene rings is 4. The number of para-hydroxylation sites is 2. The Bertz CT molecular complexity index is 2880. The Balaban J connectivity index is 0.000000260. The Morgan fingerprint density at radius 2 is 1.23 bits per heavy atom. The van der Waals surface area contributed by atoms with Crippen molar-refractivity contribution in [1.29, 1.82) is 0 Å². The van der Waals surface area contributed by atoms with Gasteiger partial charge in [0, 0.05) is 93.5 Å². The summed E-state index contributed by atoms with van der Waals surface area (Å²) in [7, 11) is 1.78. The minimum absolute atomic E-state index is 0. The van der Waals surface area contributed by atoms with Crippen LogP contribution in [-0.4, -0.2) is 104 Å². The molecule has 5 aliphatic rings. The molecule has 4 aromatic carbocycles. The first-order valence-corrected chi connectivity index (χ1v) is 35.9. The van der Waals surface area contributed by atoms with Crippen LogP contribution in [0, 0.1) is 0 Å². The molecule has 3 amide bonds. The molecule has 5 aliphatic heterocycles. The van der Waals surface area contributed by atoms with Crippen molar-refractivity contribution in [2.75, 3.05) is 38.9 Å². The van der Waals surface area contributed by atoms with Gasteiger partial charge < -0.3 is 43.6 Å². The van der Waals surface area contributed by atoms with Gasteiger partial charge >= 0.3 is 50.5 Å². The van der Waals surface area contributed by atoms with E-state index in [0.29, 0.717) is 67.9 Å². The smallest absolute Gasteiger partial charge is 0.222 e. The zero-order valence-electron chi connectivity index (χ0n) is 38.1. The number of halogens is 8. The van der Waals surface area contributed by atoms with Gasteiger partial charge in [0.05, 0.1) is 18.1 Å². The van der Waals surface area contributed by atoms with E-state index in [2.05, 4.69) is 59.3 Å². The quantitative estimate of drug-likeness (QED) is 0.0936. The van der Waals surface area contributed by atoms with Gasteiger partial charge in [-0.1, -0.05) is 48.5 Å². The molecule has 1 saturated heterocycles. The van der Waals surface area contributed by atoms with Crippen molar-refractivity contribution in [1.82, 2.24) is 24.7 Å². The van der Waals surface area contributed by atoms with Crippen LogP contribution in [0.15, 0.2) is 84.9 Å². The third-order valence-corrected chi connectivity index (χ3v) is 13.2. The average Bonchev–Trinajstić information content (AvgIpc) is 4.16. The van der Waals surface area contributed by atoms with Crippen LogP contribution in [0.2, 0.25) is 0 Å². The molecule has 0 saturated carbocycles. The predicted molar refractivity (Wildman–Crippen MR) is 286 cm³/mol. The number of nitrogens with zero attached hydrogens (tertiary/aromatic N) is 3. The summed E-state index contributed by atoms with van der Waals surface area (Å²) in [5.41, 5.74) is 7.84. The second-order valence-electron chi connectivity index (χ2n) is 16.6. The maximum Gasteiger partial charge on any atom is 0.222 e. The number of hydrogen-bond donors (Lipinski definition) is 2. The van der Waals surface area contributed by atoms with Gasteiger partial charge in [0.1, 0.15) is 6.04 Å². The number of aromatic nitrogens is 2. The third-order valence-electron chi connectivity index (χ3n) is 12.7. The molecule has 71 heavy (non-hydrogen) atoms. The van der Waals surface area contributed by atoms with E-state index >= 15 is 0 Å². The van der Waals surface area contributed by atoms with Crippen LogP contribution in [0.25, 0.3) is 21.8 Å². The number of rotatable bonds is 7. The number of carbonyl (C=O) groups excluding carboxylic acids is 5. The molecule has 14 nitrogen and oxygen atoms in total. The molecular weight excluding hydrogens is 1330 g/mol. The molecule has 1 fully saturated rings. The molecule has 11 rings (SSSR count). The minimum Gasteiger partial charge on any atom is -0.281 e. The van der Waals surface area contributed by atoms with E-state index in [-0.39, 0.29) is 79.4 Å². The number of amides is 3. The number of fused-ring (bicyclic) bond motifs is 9. The summed E-state index contributed by atoms with van der Waals surface area (Å²) in [6.45, 7) is 2.34. The summed E-state index contributed by atoms with van der Waals surface area (Å²) < 4.78 is 22.1. The van der Waals surface area contributed by atoms with Crippen molar-refractivity contribution in [2.24, 2.45) is 0 Å². The second-order valence-corrected chi connectivity index (χ2v) is 34.0. The number of hydrogen-bond acceptors (Lipinski definition) is 9. The number of Topliss-reactive ketones (excluding diaryl/α,β-unsaturated/α-hetero) is 1. The third kappa shape index (κ3) is 11.8. The first-order chi connectivity index (χ1) is 33.4. The van der Waals surface area contributed by atoms with Gasteiger partial charge in [-0.25, -0.2) is 0 Å². The van der Waals surface area contributed by atoms with Gasteiger partial charge in [0.2, 0.25) is 36.5 Å². The predicted octanol–water partition coefficient (Wildman–Crippen LogP) is 7.51. The van der Waals surface area contributed by atoms with E-state index in [0.717, 1.165) is 55.4 Å². The van der Waals surface area contributed by atoms with Crippen LogP contribution < -0.4 is 32.2 Å². The molecule has 6 aromatic rings. The van der Waals surface area contributed by atoms with Crippen molar-refractivity contribution in [3.63, 3.8) is 0 Å².